The highest BCUT2D eigenvalue weighted by molar-refractivity contribution is 5.25. The van der Waals surface area contributed by atoms with Crippen molar-refractivity contribution >= 4 is 0 Å². The van der Waals surface area contributed by atoms with Crippen LogP contribution in [-0.4, -0.2) is 42.9 Å². The van der Waals surface area contributed by atoms with E-state index < -0.39 is 0 Å². The van der Waals surface area contributed by atoms with Crippen molar-refractivity contribution in [1.29, 1.82) is 0 Å². The van der Waals surface area contributed by atoms with Crippen LogP contribution < -0.4 is 5.32 Å². The summed E-state index contributed by atoms with van der Waals surface area (Å²) in [5.41, 5.74) is 2.38. The third-order valence-corrected chi connectivity index (χ3v) is 3.26. The van der Waals surface area contributed by atoms with Gasteiger partial charge >= 0.3 is 0 Å². The van der Waals surface area contributed by atoms with Gasteiger partial charge in [-0.2, -0.15) is 0 Å². The summed E-state index contributed by atoms with van der Waals surface area (Å²) in [6, 6.07) is 0. The van der Waals surface area contributed by atoms with E-state index in [4.69, 9.17) is 9.26 Å². The second-order valence-corrected chi connectivity index (χ2v) is 4.35. The van der Waals surface area contributed by atoms with Crippen molar-refractivity contribution in [3.05, 3.63) is 17.0 Å². The third kappa shape index (κ3) is 1.98. The van der Waals surface area contributed by atoms with Gasteiger partial charge in [-0.1, -0.05) is 5.16 Å². The summed E-state index contributed by atoms with van der Waals surface area (Å²) in [5, 5.41) is 7.56. The summed E-state index contributed by atoms with van der Waals surface area (Å²) in [7, 11) is 0. The molecule has 0 atom stereocenters. The lowest BCUT2D eigenvalue weighted by atomic mass is 10.1. The van der Waals surface area contributed by atoms with Gasteiger partial charge in [-0.3, -0.25) is 4.90 Å². The number of hydrogen-bond donors (Lipinski definition) is 1. The van der Waals surface area contributed by atoms with E-state index in [2.05, 4.69) is 15.4 Å². The summed E-state index contributed by atoms with van der Waals surface area (Å²) >= 11 is 0. The van der Waals surface area contributed by atoms with Gasteiger partial charge in [-0.05, 0) is 0 Å². The van der Waals surface area contributed by atoms with E-state index in [0.29, 0.717) is 0 Å². The Balaban J connectivity index is 1.71. The first kappa shape index (κ1) is 10.3. The number of morpholine rings is 1. The molecule has 0 spiro atoms. The standard InChI is InChI=1S/C11H17N3O2/c1-2-12-7-9-10(13-16-11(1)9)8-14-3-5-15-6-4-14/h12H,1-8H2. The average molecular weight is 223 g/mol. The highest BCUT2D eigenvalue weighted by Gasteiger charge is 2.21. The molecule has 3 rings (SSSR count). The van der Waals surface area contributed by atoms with Crippen molar-refractivity contribution < 1.29 is 9.26 Å². The van der Waals surface area contributed by atoms with Crippen molar-refractivity contribution in [3.8, 4) is 0 Å². The Morgan fingerprint density at radius 1 is 1.31 bits per heavy atom. The van der Waals surface area contributed by atoms with E-state index in [-0.39, 0.29) is 0 Å². The van der Waals surface area contributed by atoms with E-state index >= 15 is 0 Å². The Morgan fingerprint density at radius 2 is 2.19 bits per heavy atom. The van der Waals surface area contributed by atoms with Crippen molar-refractivity contribution in [2.24, 2.45) is 0 Å². The SMILES string of the molecule is C1Cc2onc(CN3CCOCC3)c2CN1. The maximum absolute atomic E-state index is 5.38. The number of nitrogens with zero attached hydrogens (tertiary/aromatic N) is 2. The van der Waals surface area contributed by atoms with Crippen molar-refractivity contribution in [2.75, 3.05) is 32.8 Å². The summed E-state index contributed by atoms with van der Waals surface area (Å²) in [6.45, 7) is 6.45. The molecule has 16 heavy (non-hydrogen) atoms. The van der Waals surface area contributed by atoms with Crippen LogP contribution in [0.5, 0.6) is 0 Å². The summed E-state index contributed by atoms with van der Waals surface area (Å²) in [4.78, 5) is 2.37. The van der Waals surface area contributed by atoms with Crippen LogP contribution >= 0.6 is 0 Å². The van der Waals surface area contributed by atoms with Crippen LogP contribution in [0.25, 0.3) is 0 Å². The second kappa shape index (κ2) is 4.53. The van der Waals surface area contributed by atoms with Crippen molar-refractivity contribution in [1.82, 2.24) is 15.4 Å². The van der Waals surface area contributed by atoms with Gasteiger partial charge in [0.2, 0.25) is 0 Å². The van der Waals surface area contributed by atoms with Gasteiger partial charge < -0.3 is 14.6 Å². The first-order chi connectivity index (χ1) is 7.93. The monoisotopic (exact) mass is 223 g/mol. The lowest BCUT2D eigenvalue weighted by molar-refractivity contribution is 0.0331. The van der Waals surface area contributed by atoms with Gasteiger partial charge in [0.1, 0.15) is 11.5 Å². The van der Waals surface area contributed by atoms with Gasteiger partial charge in [-0.25, -0.2) is 0 Å². The molecule has 2 aliphatic heterocycles. The Bertz CT molecular complexity index is 358. The van der Waals surface area contributed by atoms with Crippen LogP contribution in [0.3, 0.4) is 0 Å². The molecular formula is C11H17N3O2. The second-order valence-electron chi connectivity index (χ2n) is 4.35. The topological polar surface area (TPSA) is 50.5 Å². The quantitative estimate of drug-likeness (QED) is 0.773. The number of nitrogens with one attached hydrogen (secondary N) is 1. The minimum absolute atomic E-state index is 0.832. The van der Waals surface area contributed by atoms with Crippen LogP contribution in [-0.2, 0) is 24.2 Å². The van der Waals surface area contributed by atoms with Crippen molar-refractivity contribution in [3.63, 3.8) is 0 Å². The molecule has 3 heterocycles. The first-order valence-corrected chi connectivity index (χ1v) is 5.90. The Labute approximate surface area is 94.7 Å². The number of hydrogen-bond acceptors (Lipinski definition) is 5. The molecule has 1 saturated heterocycles. The Kier molecular flexibility index (Phi) is 2.90. The molecule has 0 radical (unpaired) electrons. The van der Waals surface area contributed by atoms with E-state index in [0.717, 1.165) is 63.8 Å². The number of rotatable bonds is 2. The molecule has 5 heteroatoms. The van der Waals surface area contributed by atoms with Crippen LogP contribution in [0, 0.1) is 0 Å². The Hall–Kier alpha value is -0.910. The molecule has 0 aliphatic carbocycles. The van der Waals surface area contributed by atoms with Crippen LogP contribution in [0.2, 0.25) is 0 Å². The molecule has 1 aromatic rings. The molecule has 1 aromatic heterocycles. The van der Waals surface area contributed by atoms with Gasteiger partial charge in [0.15, 0.2) is 0 Å². The fourth-order valence-corrected chi connectivity index (χ4v) is 2.29. The molecule has 0 unspecified atom stereocenters. The van der Waals surface area contributed by atoms with E-state index in [9.17, 15) is 0 Å². The predicted octanol–water partition coefficient (Wildman–Crippen LogP) is 0.152. The Morgan fingerprint density at radius 3 is 3.06 bits per heavy atom. The minimum Gasteiger partial charge on any atom is -0.379 e. The zero-order chi connectivity index (χ0) is 10.8. The normalized spacial score (nSPS) is 22.0. The molecule has 88 valence electrons. The number of aromatic nitrogens is 1. The van der Waals surface area contributed by atoms with Crippen molar-refractivity contribution in [2.45, 2.75) is 19.5 Å². The predicted molar refractivity (Wildman–Crippen MR) is 58.0 cm³/mol. The fourth-order valence-electron chi connectivity index (χ4n) is 2.29. The van der Waals surface area contributed by atoms with Crippen LogP contribution in [0.15, 0.2) is 4.52 Å². The van der Waals surface area contributed by atoms with E-state index in [1.807, 2.05) is 0 Å². The number of fused-ring (bicyclic) bond motifs is 1. The maximum atomic E-state index is 5.38. The largest absolute Gasteiger partial charge is 0.379 e. The van der Waals surface area contributed by atoms with Gasteiger partial charge in [-0.15, -0.1) is 0 Å². The zero-order valence-electron chi connectivity index (χ0n) is 9.37. The smallest absolute Gasteiger partial charge is 0.142 e. The lowest BCUT2D eigenvalue weighted by Gasteiger charge is -2.26. The maximum Gasteiger partial charge on any atom is 0.142 e. The zero-order valence-corrected chi connectivity index (χ0v) is 9.37. The molecule has 0 saturated carbocycles. The van der Waals surface area contributed by atoms with E-state index in [1.165, 1.54) is 5.56 Å². The molecule has 1 fully saturated rings. The third-order valence-electron chi connectivity index (χ3n) is 3.26. The molecule has 0 aromatic carbocycles. The van der Waals surface area contributed by atoms with Gasteiger partial charge in [0.25, 0.3) is 0 Å². The molecule has 1 N–H and O–H groups in total. The summed E-state index contributed by atoms with van der Waals surface area (Å²) < 4.78 is 10.7. The molecule has 0 amide bonds. The fraction of sp³-hybridized carbons (Fsp3) is 0.727. The molecule has 5 nitrogen and oxygen atoms in total. The summed E-state index contributed by atoms with van der Waals surface area (Å²) in [6.07, 6.45) is 0.964. The van der Waals surface area contributed by atoms with Gasteiger partial charge in [0.05, 0.1) is 13.2 Å². The highest BCUT2D eigenvalue weighted by Crippen LogP contribution is 2.19. The minimum atomic E-state index is 0.832. The van der Waals surface area contributed by atoms with Crippen LogP contribution in [0.1, 0.15) is 17.0 Å². The van der Waals surface area contributed by atoms with Gasteiger partial charge in [0, 0.05) is 44.7 Å². The molecule has 2 aliphatic rings. The average Bonchev–Trinajstić information content (AvgIpc) is 2.74. The van der Waals surface area contributed by atoms with E-state index in [1.54, 1.807) is 0 Å². The highest BCUT2D eigenvalue weighted by atomic mass is 16.5. The van der Waals surface area contributed by atoms with Crippen LogP contribution in [0.4, 0.5) is 0 Å². The first-order valence-electron chi connectivity index (χ1n) is 5.90. The lowest BCUT2D eigenvalue weighted by Crippen LogP contribution is -2.36. The molecule has 0 bridgehead atoms. The number of ether oxygens (including phenoxy) is 1. The molecular weight excluding hydrogens is 206 g/mol. The summed E-state index contributed by atoms with van der Waals surface area (Å²) in [5.74, 6) is 1.07.